The Bertz CT molecular complexity index is 1840. The number of nitrogens with zero attached hydrogens (tertiary/aromatic N) is 4. The number of aromatic amines is 1. The number of nitrogens with one attached hydrogen (secondary N) is 2. The molecule has 0 amide bonds. The number of aromatic nitrogens is 4. The summed E-state index contributed by atoms with van der Waals surface area (Å²) in [4.78, 5) is 40.8. The number of aliphatic carboxylic acids is 1. The van der Waals surface area contributed by atoms with Crippen molar-refractivity contribution in [2.75, 3.05) is 36.5 Å². The minimum Gasteiger partial charge on any atom is -0.481 e. The number of piperidine rings is 1. The standard InChI is InChI=1S/C35H38N6O4/c42-33(43)27(20-23-9-10-24-5-1-2-6-26(24)19-23)21-41-22-29(25-13-17-45-18-14-25)32(39-35(41)44)40-15-11-28(12-16-40)36-34-37-30-7-3-4-8-31(30)38-34/h1-10,19,22,25,27-28H,11-18,20-21H2,(H,42,43)(H2,36,37,38). The predicted octanol–water partition coefficient (Wildman–Crippen LogP) is 5.19. The number of ether oxygens (including phenoxy) is 1. The minimum atomic E-state index is -0.925. The third-order valence-corrected chi connectivity index (χ3v) is 9.25. The molecule has 0 aliphatic carbocycles. The lowest BCUT2D eigenvalue weighted by Gasteiger charge is -2.35. The molecule has 2 saturated heterocycles. The van der Waals surface area contributed by atoms with Gasteiger partial charge in [-0.2, -0.15) is 4.98 Å². The maximum Gasteiger partial charge on any atom is 0.349 e. The van der Waals surface area contributed by atoms with Crippen LogP contribution < -0.4 is 15.9 Å². The molecule has 232 valence electrons. The van der Waals surface area contributed by atoms with Gasteiger partial charge in [-0.1, -0.05) is 54.6 Å². The largest absolute Gasteiger partial charge is 0.481 e. The highest BCUT2D eigenvalue weighted by Crippen LogP contribution is 2.34. The summed E-state index contributed by atoms with van der Waals surface area (Å²) in [5, 5.41) is 15.9. The van der Waals surface area contributed by atoms with Gasteiger partial charge in [0.2, 0.25) is 5.95 Å². The number of benzene rings is 3. The number of carboxylic acids is 1. The van der Waals surface area contributed by atoms with Gasteiger partial charge in [0.1, 0.15) is 5.82 Å². The Kier molecular flexibility index (Phi) is 8.21. The van der Waals surface area contributed by atoms with E-state index in [0.717, 1.165) is 83.5 Å². The van der Waals surface area contributed by atoms with Crippen LogP contribution in [0.2, 0.25) is 0 Å². The van der Waals surface area contributed by atoms with Crippen LogP contribution in [0, 0.1) is 5.92 Å². The Morgan fingerprint density at radius 1 is 0.978 bits per heavy atom. The number of carboxylic acid groups (broad SMARTS) is 1. The molecule has 0 radical (unpaired) electrons. The molecule has 2 aromatic heterocycles. The van der Waals surface area contributed by atoms with Gasteiger partial charge in [0.25, 0.3) is 0 Å². The first kappa shape index (κ1) is 29.0. The highest BCUT2D eigenvalue weighted by molar-refractivity contribution is 5.83. The summed E-state index contributed by atoms with van der Waals surface area (Å²) in [6.07, 6.45) is 5.65. The van der Waals surface area contributed by atoms with E-state index in [4.69, 9.17) is 4.74 Å². The second-order valence-corrected chi connectivity index (χ2v) is 12.3. The number of carbonyl (C=O) groups is 1. The van der Waals surface area contributed by atoms with Crippen molar-refractivity contribution in [3.05, 3.63) is 94.5 Å². The molecule has 7 rings (SSSR count). The normalized spacial score (nSPS) is 17.1. The monoisotopic (exact) mass is 606 g/mol. The zero-order valence-electron chi connectivity index (χ0n) is 25.2. The van der Waals surface area contributed by atoms with Crippen LogP contribution in [0.4, 0.5) is 11.8 Å². The number of hydrogen-bond donors (Lipinski definition) is 3. The van der Waals surface area contributed by atoms with E-state index < -0.39 is 17.6 Å². The van der Waals surface area contributed by atoms with Gasteiger partial charge in [-0.3, -0.25) is 9.36 Å². The zero-order valence-corrected chi connectivity index (χ0v) is 25.2. The SMILES string of the molecule is O=C(O)C(Cc1ccc2ccccc2c1)Cn1cc(C2CCOCC2)c(N2CCC(Nc3nc4ccccc4[nH]3)CC2)nc1=O. The molecule has 4 heterocycles. The van der Waals surface area contributed by atoms with Crippen molar-refractivity contribution in [2.45, 2.75) is 50.6 Å². The number of rotatable bonds is 9. The fourth-order valence-electron chi connectivity index (χ4n) is 6.75. The molecule has 10 nitrogen and oxygen atoms in total. The summed E-state index contributed by atoms with van der Waals surface area (Å²) in [7, 11) is 0. The molecule has 2 fully saturated rings. The first-order valence-corrected chi connectivity index (χ1v) is 15.9. The number of anilines is 2. The lowest BCUT2D eigenvalue weighted by Crippen LogP contribution is -2.42. The first-order chi connectivity index (χ1) is 22.0. The van der Waals surface area contributed by atoms with Crippen molar-refractivity contribution in [2.24, 2.45) is 5.92 Å². The molecule has 1 atom stereocenters. The second kappa shape index (κ2) is 12.7. The maximum atomic E-state index is 13.5. The number of hydrogen-bond acceptors (Lipinski definition) is 7. The van der Waals surface area contributed by atoms with E-state index in [2.05, 4.69) is 25.2 Å². The molecule has 10 heteroatoms. The van der Waals surface area contributed by atoms with Crippen LogP contribution >= 0.6 is 0 Å². The van der Waals surface area contributed by atoms with Gasteiger partial charge in [0, 0.05) is 50.7 Å². The van der Waals surface area contributed by atoms with E-state index in [1.165, 1.54) is 4.57 Å². The average Bonchev–Trinajstić information content (AvgIpc) is 3.48. The van der Waals surface area contributed by atoms with Gasteiger partial charge in [-0.25, -0.2) is 9.78 Å². The molecule has 0 saturated carbocycles. The van der Waals surface area contributed by atoms with Gasteiger partial charge < -0.3 is 25.0 Å². The number of para-hydroxylation sites is 2. The zero-order chi connectivity index (χ0) is 30.8. The van der Waals surface area contributed by atoms with Gasteiger partial charge in [-0.15, -0.1) is 0 Å². The van der Waals surface area contributed by atoms with Crippen molar-refractivity contribution >= 4 is 39.5 Å². The lowest BCUT2D eigenvalue weighted by atomic mass is 9.92. The quantitative estimate of drug-likeness (QED) is 0.209. The molecular formula is C35H38N6O4. The molecule has 5 aromatic rings. The van der Waals surface area contributed by atoms with Crippen LogP contribution in [-0.4, -0.2) is 62.9 Å². The number of H-pyrrole nitrogens is 1. The summed E-state index contributed by atoms with van der Waals surface area (Å²) in [5.41, 5.74) is 3.48. The first-order valence-electron chi connectivity index (χ1n) is 15.9. The summed E-state index contributed by atoms with van der Waals surface area (Å²) in [6, 6.07) is 22.3. The Morgan fingerprint density at radius 3 is 2.51 bits per heavy atom. The molecule has 45 heavy (non-hydrogen) atoms. The Labute approximate surface area is 261 Å². The highest BCUT2D eigenvalue weighted by atomic mass is 16.5. The van der Waals surface area contributed by atoms with Crippen LogP contribution in [0.3, 0.4) is 0 Å². The minimum absolute atomic E-state index is 0.0635. The summed E-state index contributed by atoms with van der Waals surface area (Å²) >= 11 is 0. The van der Waals surface area contributed by atoms with Gasteiger partial charge in [0.15, 0.2) is 0 Å². The lowest BCUT2D eigenvalue weighted by molar-refractivity contribution is -0.142. The van der Waals surface area contributed by atoms with Crippen LogP contribution in [0.5, 0.6) is 0 Å². The summed E-state index contributed by atoms with van der Waals surface area (Å²) < 4.78 is 7.17. The van der Waals surface area contributed by atoms with E-state index in [9.17, 15) is 14.7 Å². The van der Waals surface area contributed by atoms with Gasteiger partial charge in [-0.05, 0) is 66.5 Å². The molecule has 2 aliphatic rings. The van der Waals surface area contributed by atoms with Gasteiger partial charge in [0.05, 0.1) is 17.0 Å². The fourth-order valence-corrected chi connectivity index (χ4v) is 6.75. The summed E-state index contributed by atoms with van der Waals surface area (Å²) in [6.45, 7) is 2.89. The van der Waals surface area contributed by atoms with Crippen molar-refractivity contribution in [3.63, 3.8) is 0 Å². The predicted molar refractivity (Wildman–Crippen MR) is 175 cm³/mol. The maximum absolute atomic E-state index is 13.5. The third-order valence-electron chi connectivity index (χ3n) is 9.25. The molecular weight excluding hydrogens is 568 g/mol. The number of imidazole rings is 1. The van der Waals surface area contributed by atoms with Gasteiger partial charge >= 0.3 is 11.7 Å². The summed E-state index contributed by atoms with van der Waals surface area (Å²) in [5.74, 6) is 0.00911. The Morgan fingerprint density at radius 2 is 1.73 bits per heavy atom. The highest BCUT2D eigenvalue weighted by Gasteiger charge is 2.29. The molecule has 0 bridgehead atoms. The Hall–Kier alpha value is -4.70. The van der Waals surface area contributed by atoms with Crippen molar-refractivity contribution < 1.29 is 14.6 Å². The van der Waals surface area contributed by atoms with Crippen LogP contribution in [0.15, 0.2) is 77.7 Å². The van der Waals surface area contributed by atoms with E-state index in [0.29, 0.717) is 19.6 Å². The van der Waals surface area contributed by atoms with Crippen LogP contribution in [0.1, 0.15) is 42.7 Å². The van der Waals surface area contributed by atoms with E-state index in [-0.39, 0.29) is 18.5 Å². The molecule has 2 aliphatic heterocycles. The van der Waals surface area contributed by atoms with E-state index in [1.807, 2.05) is 72.9 Å². The van der Waals surface area contributed by atoms with Crippen molar-refractivity contribution in [3.8, 4) is 0 Å². The van der Waals surface area contributed by atoms with Crippen molar-refractivity contribution in [1.29, 1.82) is 0 Å². The third kappa shape index (κ3) is 6.42. The second-order valence-electron chi connectivity index (χ2n) is 12.3. The van der Waals surface area contributed by atoms with Crippen molar-refractivity contribution in [1.82, 2.24) is 19.5 Å². The topological polar surface area (TPSA) is 125 Å². The molecule has 3 N–H and O–H groups in total. The van der Waals surface area contributed by atoms with E-state index >= 15 is 0 Å². The molecule has 0 spiro atoms. The molecule has 3 aromatic carbocycles. The Balaban J connectivity index is 1.10. The fraction of sp³-hybridized carbons (Fsp3) is 0.371. The van der Waals surface area contributed by atoms with Crippen LogP contribution in [-0.2, 0) is 22.5 Å². The molecule has 1 unspecified atom stereocenters. The van der Waals surface area contributed by atoms with Crippen LogP contribution in [0.25, 0.3) is 21.8 Å². The average molecular weight is 607 g/mol. The van der Waals surface area contributed by atoms with E-state index in [1.54, 1.807) is 0 Å². The number of fused-ring (bicyclic) bond motifs is 2. The smallest absolute Gasteiger partial charge is 0.349 e.